The van der Waals surface area contributed by atoms with E-state index in [1.54, 1.807) is 14.2 Å². The topological polar surface area (TPSA) is 58.1 Å². The molecule has 1 saturated heterocycles. The molecule has 2 N–H and O–H groups in total. The van der Waals surface area contributed by atoms with Gasteiger partial charge in [-0.1, -0.05) is 39.0 Å². The van der Waals surface area contributed by atoms with Gasteiger partial charge >= 0.3 is 0 Å². The van der Waals surface area contributed by atoms with Gasteiger partial charge in [0.2, 0.25) is 0 Å². The minimum Gasteiger partial charge on any atom is -0.379 e. The molecule has 0 radical (unpaired) electrons. The van der Waals surface area contributed by atoms with E-state index < -0.39 is 0 Å². The van der Waals surface area contributed by atoms with Crippen molar-refractivity contribution in [2.24, 2.45) is 10.4 Å². The molecule has 0 aromatic heterocycles. The van der Waals surface area contributed by atoms with Crippen molar-refractivity contribution in [1.82, 2.24) is 10.6 Å². The molecule has 1 aromatic rings. The Labute approximate surface area is 158 Å². The van der Waals surface area contributed by atoms with E-state index in [-0.39, 0.29) is 11.5 Å². The largest absolute Gasteiger partial charge is 0.379 e. The van der Waals surface area contributed by atoms with Gasteiger partial charge < -0.3 is 25.0 Å². The lowest BCUT2D eigenvalue weighted by molar-refractivity contribution is 0.0205. The number of nitrogens with zero attached hydrogens (tertiary/aromatic N) is 2. The Kier molecular flexibility index (Phi) is 7.72. The molecule has 6 heteroatoms. The van der Waals surface area contributed by atoms with E-state index in [1.807, 2.05) is 0 Å². The fourth-order valence-corrected chi connectivity index (χ4v) is 3.11. The number of benzene rings is 1. The minimum absolute atomic E-state index is 0.0730. The predicted molar refractivity (Wildman–Crippen MR) is 108 cm³/mol. The van der Waals surface area contributed by atoms with Crippen LogP contribution in [0.5, 0.6) is 0 Å². The van der Waals surface area contributed by atoms with Crippen molar-refractivity contribution in [2.45, 2.75) is 33.4 Å². The molecular weight excluding hydrogens is 328 g/mol. The lowest BCUT2D eigenvalue weighted by Crippen LogP contribution is -2.45. The molecule has 1 heterocycles. The van der Waals surface area contributed by atoms with E-state index in [9.17, 15) is 0 Å². The van der Waals surface area contributed by atoms with Crippen LogP contribution in [0, 0.1) is 5.41 Å². The molecule has 26 heavy (non-hydrogen) atoms. The second kappa shape index (κ2) is 9.78. The fraction of sp³-hybridized carbons (Fsp3) is 0.650. The predicted octanol–water partition coefficient (Wildman–Crippen LogP) is 2.25. The van der Waals surface area contributed by atoms with E-state index in [2.05, 4.69) is 65.6 Å². The van der Waals surface area contributed by atoms with Gasteiger partial charge in [0.05, 0.1) is 19.3 Å². The van der Waals surface area contributed by atoms with Gasteiger partial charge in [0.1, 0.15) is 0 Å². The summed E-state index contributed by atoms with van der Waals surface area (Å²) in [6, 6.07) is 8.52. The van der Waals surface area contributed by atoms with E-state index >= 15 is 0 Å². The maximum atomic E-state index is 5.61. The fourth-order valence-electron chi connectivity index (χ4n) is 3.11. The summed E-state index contributed by atoms with van der Waals surface area (Å²) in [6.07, 6.45) is 0.113. The van der Waals surface area contributed by atoms with Crippen LogP contribution >= 0.6 is 0 Å². The maximum absolute atomic E-state index is 5.61. The highest BCUT2D eigenvalue weighted by atomic mass is 16.5. The number of morpholine rings is 1. The first kappa shape index (κ1) is 20.5. The van der Waals surface area contributed by atoms with Gasteiger partial charge in [-0.25, -0.2) is 0 Å². The number of ether oxygens (including phenoxy) is 2. The summed E-state index contributed by atoms with van der Waals surface area (Å²) in [6.45, 7) is 11.4. The zero-order chi connectivity index (χ0) is 19.0. The van der Waals surface area contributed by atoms with Gasteiger partial charge in [0, 0.05) is 46.0 Å². The van der Waals surface area contributed by atoms with Gasteiger partial charge in [-0.15, -0.1) is 0 Å². The number of guanidine groups is 1. The number of nitrogens with one attached hydrogen (secondary N) is 2. The molecule has 1 aliphatic rings. The lowest BCUT2D eigenvalue weighted by Gasteiger charge is -2.31. The van der Waals surface area contributed by atoms with Gasteiger partial charge in [-0.2, -0.15) is 0 Å². The third-order valence-corrected chi connectivity index (χ3v) is 4.72. The first-order chi connectivity index (χ1) is 12.5. The molecule has 1 fully saturated rings. The highest BCUT2D eigenvalue weighted by Crippen LogP contribution is 2.22. The van der Waals surface area contributed by atoms with Crippen molar-refractivity contribution >= 4 is 11.6 Å². The molecule has 1 unspecified atom stereocenters. The Hall–Kier alpha value is -1.79. The summed E-state index contributed by atoms with van der Waals surface area (Å²) in [5.74, 6) is 0.785. The van der Waals surface area contributed by atoms with Crippen LogP contribution in [0.4, 0.5) is 5.69 Å². The molecule has 0 amide bonds. The van der Waals surface area contributed by atoms with Crippen LogP contribution in [-0.4, -0.2) is 59.1 Å². The average Bonchev–Trinajstić information content (AvgIpc) is 2.64. The van der Waals surface area contributed by atoms with Crippen molar-refractivity contribution in [1.29, 1.82) is 0 Å². The summed E-state index contributed by atoms with van der Waals surface area (Å²) < 4.78 is 11.1. The molecule has 146 valence electrons. The lowest BCUT2D eigenvalue weighted by atomic mass is 9.89. The molecule has 6 nitrogen and oxygen atoms in total. The summed E-state index contributed by atoms with van der Waals surface area (Å²) in [5.41, 5.74) is 2.60. The van der Waals surface area contributed by atoms with Gasteiger partial charge in [0.25, 0.3) is 0 Å². The monoisotopic (exact) mass is 362 g/mol. The molecule has 0 aliphatic carbocycles. The molecule has 0 spiro atoms. The van der Waals surface area contributed by atoms with Gasteiger partial charge in [-0.05, 0) is 17.0 Å². The van der Waals surface area contributed by atoms with E-state index in [0.29, 0.717) is 6.54 Å². The van der Waals surface area contributed by atoms with Crippen LogP contribution in [0.2, 0.25) is 0 Å². The number of methoxy groups -OCH3 is 1. The van der Waals surface area contributed by atoms with Crippen LogP contribution in [0.3, 0.4) is 0 Å². The normalized spacial score (nSPS) is 17.1. The summed E-state index contributed by atoms with van der Waals surface area (Å²) in [5, 5.41) is 6.80. The van der Waals surface area contributed by atoms with Crippen molar-refractivity contribution in [3.63, 3.8) is 0 Å². The Morgan fingerprint density at radius 3 is 2.54 bits per heavy atom. The quantitative estimate of drug-likeness (QED) is 0.600. The van der Waals surface area contributed by atoms with Crippen LogP contribution < -0.4 is 15.5 Å². The Morgan fingerprint density at radius 2 is 1.92 bits per heavy atom. The molecular formula is C20H34N4O2. The van der Waals surface area contributed by atoms with Crippen molar-refractivity contribution < 1.29 is 9.47 Å². The highest BCUT2D eigenvalue weighted by Gasteiger charge is 2.24. The molecule has 0 saturated carbocycles. The number of hydrogen-bond donors (Lipinski definition) is 2. The second-order valence-corrected chi connectivity index (χ2v) is 7.63. The average molecular weight is 363 g/mol. The van der Waals surface area contributed by atoms with Crippen molar-refractivity contribution in [3.8, 4) is 0 Å². The van der Waals surface area contributed by atoms with Crippen LogP contribution in [-0.2, 0) is 16.0 Å². The van der Waals surface area contributed by atoms with E-state index in [0.717, 1.165) is 38.8 Å². The summed E-state index contributed by atoms with van der Waals surface area (Å²) in [7, 11) is 3.55. The second-order valence-electron chi connectivity index (χ2n) is 7.63. The van der Waals surface area contributed by atoms with Gasteiger partial charge in [-0.3, -0.25) is 4.99 Å². The number of hydrogen-bond acceptors (Lipinski definition) is 4. The SMILES string of the molecule is CN=C(NCc1ccccc1N1CCOCC1)NCC(OC)C(C)(C)C. The Bertz CT molecular complexity index is 577. The Morgan fingerprint density at radius 1 is 1.23 bits per heavy atom. The first-order valence-corrected chi connectivity index (χ1v) is 9.33. The van der Waals surface area contributed by atoms with Gasteiger partial charge in [0.15, 0.2) is 5.96 Å². The van der Waals surface area contributed by atoms with E-state index in [1.165, 1.54) is 11.3 Å². The summed E-state index contributed by atoms with van der Waals surface area (Å²) in [4.78, 5) is 6.73. The van der Waals surface area contributed by atoms with Crippen LogP contribution in [0.25, 0.3) is 0 Å². The number of para-hydroxylation sites is 1. The molecule has 1 atom stereocenters. The number of anilines is 1. The van der Waals surface area contributed by atoms with Crippen molar-refractivity contribution in [2.75, 3.05) is 51.9 Å². The molecule has 1 aliphatic heterocycles. The molecule has 2 rings (SSSR count). The Balaban J connectivity index is 1.94. The van der Waals surface area contributed by atoms with E-state index in [4.69, 9.17) is 9.47 Å². The smallest absolute Gasteiger partial charge is 0.191 e. The molecule has 1 aromatic carbocycles. The number of rotatable bonds is 6. The first-order valence-electron chi connectivity index (χ1n) is 9.33. The van der Waals surface area contributed by atoms with Crippen molar-refractivity contribution in [3.05, 3.63) is 29.8 Å². The third kappa shape index (κ3) is 5.88. The number of aliphatic imine (C=N–C) groups is 1. The molecule has 0 bridgehead atoms. The standard InChI is InChI=1S/C20H34N4O2/c1-20(2,3)18(25-5)15-23-19(21-4)22-14-16-8-6-7-9-17(16)24-10-12-26-13-11-24/h6-9,18H,10-15H2,1-5H3,(H2,21,22,23). The zero-order valence-corrected chi connectivity index (χ0v) is 16.8. The third-order valence-electron chi connectivity index (χ3n) is 4.72. The van der Waals surface area contributed by atoms with Crippen LogP contribution in [0.1, 0.15) is 26.3 Å². The van der Waals surface area contributed by atoms with Crippen LogP contribution in [0.15, 0.2) is 29.3 Å². The zero-order valence-electron chi connectivity index (χ0n) is 16.8. The highest BCUT2D eigenvalue weighted by molar-refractivity contribution is 5.79. The minimum atomic E-state index is 0.0730. The summed E-state index contributed by atoms with van der Waals surface area (Å²) >= 11 is 0. The maximum Gasteiger partial charge on any atom is 0.191 e.